The summed E-state index contributed by atoms with van der Waals surface area (Å²) in [6, 6.07) is 7.68. The minimum absolute atomic E-state index is 0.157. The lowest BCUT2D eigenvalue weighted by Crippen LogP contribution is -2.43. The van der Waals surface area contributed by atoms with Crippen LogP contribution in [0.5, 0.6) is 0 Å². The van der Waals surface area contributed by atoms with E-state index in [2.05, 4.69) is 34.2 Å². The molecule has 0 bridgehead atoms. The Kier molecular flexibility index (Phi) is 3.72. The van der Waals surface area contributed by atoms with Gasteiger partial charge in [-0.1, -0.05) is 13.8 Å². The maximum atomic E-state index is 4.48. The van der Waals surface area contributed by atoms with Crippen molar-refractivity contribution in [3.8, 4) is 0 Å². The first-order valence-corrected chi connectivity index (χ1v) is 8.14. The van der Waals surface area contributed by atoms with Crippen LogP contribution in [0.3, 0.4) is 0 Å². The summed E-state index contributed by atoms with van der Waals surface area (Å²) in [6.45, 7) is 4.35. The molecule has 4 rings (SSSR count). The number of aromatic nitrogens is 8. The third-order valence-corrected chi connectivity index (χ3v) is 4.43. The summed E-state index contributed by atoms with van der Waals surface area (Å²) >= 11 is 0. The van der Waals surface area contributed by atoms with E-state index < -0.39 is 0 Å². The summed E-state index contributed by atoms with van der Waals surface area (Å²) < 4.78 is 7.69. The second-order valence-electron chi connectivity index (χ2n) is 6.51. The minimum Gasteiger partial charge on any atom is -0.247 e. The van der Waals surface area contributed by atoms with Crippen LogP contribution in [0.1, 0.15) is 26.2 Å². The average Bonchev–Trinajstić information content (AvgIpc) is 3.38. The molecule has 128 valence electrons. The van der Waals surface area contributed by atoms with Crippen LogP contribution in [0.15, 0.2) is 73.8 Å². The van der Waals surface area contributed by atoms with Crippen molar-refractivity contribution in [3.63, 3.8) is 0 Å². The van der Waals surface area contributed by atoms with Gasteiger partial charge in [0, 0.05) is 55.0 Å². The first-order valence-electron chi connectivity index (χ1n) is 8.14. The van der Waals surface area contributed by atoms with Crippen LogP contribution in [0.4, 0.5) is 0 Å². The molecule has 0 atom stereocenters. The van der Waals surface area contributed by atoms with E-state index in [4.69, 9.17) is 0 Å². The predicted octanol–water partition coefficient (Wildman–Crippen LogP) is 2.29. The zero-order valence-electron chi connectivity index (χ0n) is 14.2. The molecule has 8 nitrogen and oxygen atoms in total. The van der Waals surface area contributed by atoms with Crippen LogP contribution >= 0.6 is 0 Å². The minimum atomic E-state index is -0.365. The summed E-state index contributed by atoms with van der Waals surface area (Å²) in [5, 5.41) is 17.9. The SMILES string of the molecule is CC(C)(C(n1cccn1)n1cccn1)C(n1cccn1)n1cccn1. The maximum Gasteiger partial charge on any atom is 0.152 e. The monoisotopic (exact) mass is 336 g/mol. The molecular formula is C17H20N8. The molecule has 0 saturated carbocycles. The second-order valence-corrected chi connectivity index (χ2v) is 6.51. The van der Waals surface area contributed by atoms with Gasteiger partial charge in [0.15, 0.2) is 12.3 Å². The van der Waals surface area contributed by atoms with E-state index in [0.717, 1.165) is 0 Å². The molecular weight excluding hydrogens is 316 g/mol. The van der Waals surface area contributed by atoms with E-state index >= 15 is 0 Å². The first-order chi connectivity index (χ1) is 12.2. The molecule has 4 heterocycles. The maximum absolute atomic E-state index is 4.48. The third-order valence-electron chi connectivity index (χ3n) is 4.43. The molecule has 0 aromatic carbocycles. The van der Waals surface area contributed by atoms with E-state index in [1.54, 1.807) is 24.8 Å². The topological polar surface area (TPSA) is 71.3 Å². The van der Waals surface area contributed by atoms with Crippen molar-refractivity contribution in [1.82, 2.24) is 39.1 Å². The van der Waals surface area contributed by atoms with Gasteiger partial charge in [0.25, 0.3) is 0 Å². The fourth-order valence-electron chi connectivity index (χ4n) is 3.44. The molecule has 0 fully saturated rings. The molecule has 0 radical (unpaired) electrons. The van der Waals surface area contributed by atoms with Gasteiger partial charge in [0.1, 0.15) is 0 Å². The Hall–Kier alpha value is -3.16. The van der Waals surface area contributed by atoms with Crippen molar-refractivity contribution < 1.29 is 0 Å². The molecule has 0 saturated heterocycles. The van der Waals surface area contributed by atoms with Crippen molar-refractivity contribution >= 4 is 0 Å². The molecule has 0 aliphatic rings. The van der Waals surface area contributed by atoms with E-state index in [-0.39, 0.29) is 17.7 Å². The molecule has 4 aromatic rings. The molecule has 0 spiro atoms. The Labute approximate surface area is 145 Å². The molecule has 4 aromatic heterocycles. The molecule has 25 heavy (non-hydrogen) atoms. The highest BCUT2D eigenvalue weighted by Crippen LogP contribution is 2.42. The standard InChI is InChI=1S/C17H20N8/c1-17(2,15(22-11-3-7-18-22)23-12-4-8-19-23)16(24-13-5-9-20-24)25-14-6-10-21-25/h3-16H,1-2H3. The van der Waals surface area contributed by atoms with Crippen LogP contribution in [-0.2, 0) is 0 Å². The van der Waals surface area contributed by atoms with Crippen molar-refractivity contribution in [2.75, 3.05) is 0 Å². The van der Waals surface area contributed by atoms with Crippen LogP contribution < -0.4 is 0 Å². The van der Waals surface area contributed by atoms with Crippen LogP contribution in [0.2, 0.25) is 0 Å². The Morgan fingerprint density at radius 3 is 1.04 bits per heavy atom. The van der Waals surface area contributed by atoms with Crippen LogP contribution in [0.25, 0.3) is 0 Å². The van der Waals surface area contributed by atoms with E-state index in [0.29, 0.717) is 0 Å². The highest BCUT2D eigenvalue weighted by molar-refractivity contribution is 4.98. The van der Waals surface area contributed by atoms with Crippen molar-refractivity contribution in [3.05, 3.63) is 73.8 Å². The zero-order chi connectivity index (χ0) is 17.3. The molecule has 0 amide bonds. The smallest absolute Gasteiger partial charge is 0.152 e. The van der Waals surface area contributed by atoms with Gasteiger partial charge in [0.2, 0.25) is 0 Å². The Morgan fingerprint density at radius 1 is 0.560 bits per heavy atom. The molecule has 0 aliphatic carbocycles. The van der Waals surface area contributed by atoms with Gasteiger partial charge in [0.05, 0.1) is 0 Å². The summed E-state index contributed by atoms with van der Waals surface area (Å²) in [5.74, 6) is 0. The Morgan fingerprint density at radius 2 is 0.840 bits per heavy atom. The summed E-state index contributed by atoms with van der Waals surface area (Å²) in [5.41, 5.74) is -0.365. The fourth-order valence-corrected chi connectivity index (χ4v) is 3.44. The summed E-state index contributed by atoms with van der Waals surface area (Å²) in [7, 11) is 0. The van der Waals surface area contributed by atoms with Gasteiger partial charge in [-0.3, -0.25) is 0 Å². The molecule has 0 N–H and O–H groups in total. The average molecular weight is 336 g/mol. The fraction of sp³-hybridized carbons (Fsp3) is 0.294. The Bertz CT molecular complexity index is 730. The Balaban J connectivity index is 1.86. The molecule has 0 unspecified atom stereocenters. The predicted molar refractivity (Wildman–Crippen MR) is 91.6 cm³/mol. The molecule has 8 heteroatoms. The quantitative estimate of drug-likeness (QED) is 0.542. The number of hydrogen-bond acceptors (Lipinski definition) is 4. The van der Waals surface area contributed by atoms with E-state index in [1.807, 2.05) is 67.8 Å². The second kappa shape index (κ2) is 6.04. The van der Waals surface area contributed by atoms with Crippen LogP contribution in [0, 0.1) is 5.41 Å². The first kappa shape index (κ1) is 15.4. The summed E-state index contributed by atoms with van der Waals surface area (Å²) in [6.07, 6.45) is 14.6. The largest absolute Gasteiger partial charge is 0.247 e. The number of hydrogen-bond donors (Lipinski definition) is 0. The van der Waals surface area contributed by atoms with Crippen molar-refractivity contribution in [2.45, 2.75) is 26.2 Å². The lowest BCUT2D eigenvalue weighted by atomic mass is 9.85. The van der Waals surface area contributed by atoms with Crippen molar-refractivity contribution in [2.24, 2.45) is 5.41 Å². The third kappa shape index (κ3) is 2.65. The van der Waals surface area contributed by atoms with Crippen molar-refractivity contribution in [1.29, 1.82) is 0 Å². The van der Waals surface area contributed by atoms with E-state index in [1.165, 1.54) is 0 Å². The van der Waals surface area contributed by atoms with Gasteiger partial charge < -0.3 is 0 Å². The molecule has 0 aliphatic heterocycles. The van der Waals surface area contributed by atoms with Gasteiger partial charge in [-0.15, -0.1) is 0 Å². The van der Waals surface area contributed by atoms with Gasteiger partial charge in [-0.25, -0.2) is 18.7 Å². The normalized spacial score (nSPS) is 12.3. The highest BCUT2D eigenvalue weighted by Gasteiger charge is 2.43. The lowest BCUT2D eigenvalue weighted by molar-refractivity contribution is 0.0544. The van der Waals surface area contributed by atoms with Gasteiger partial charge in [-0.2, -0.15) is 20.4 Å². The lowest BCUT2D eigenvalue weighted by Gasteiger charge is -2.40. The van der Waals surface area contributed by atoms with E-state index in [9.17, 15) is 0 Å². The van der Waals surface area contributed by atoms with Crippen LogP contribution in [-0.4, -0.2) is 39.1 Å². The van der Waals surface area contributed by atoms with Gasteiger partial charge >= 0.3 is 0 Å². The number of rotatable bonds is 6. The number of nitrogens with zero attached hydrogens (tertiary/aromatic N) is 8. The zero-order valence-corrected chi connectivity index (χ0v) is 14.2. The van der Waals surface area contributed by atoms with Gasteiger partial charge in [-0.05, 0) is 24.3 Å². The summed E-state index contributed by atoms with van der Waals surface area (Å²) in [4.78, 5) is 0. The highest BCUT2D eigenvalue weighted by atomic mass is 15.5.